The molecule has 5 heteroatoms. The van der Waals surface area contributed by atoms with Crippen molar-refractivity contribution in [1.29, 1.82) is 5.26 Å². The van der Waals surface area contributed by atoms with Crippen LogP contribution in [0.5, 0.6) is 0 Å². The van der Waals surface area contributed by atoms with Crippen molar-refractivity contribution >= 4 is 11.6 Å². The fraction of sp³-hybridized carbons (Fsp3) is 0.333. The number of nitrogens with one attached hydrogen (secondary N) is 1. The zero-order chi connectivity index (χ0) is 13.0. The van der Waals surface area contributed by atoms with Gasteiger partial charge in [0, 0.05) is 6.04 Å². The first-order chi connectivity index (χ1) is 7.95. The smallest absolute Gasteiger partial charge is 0.228 e. The second-order valence-corrected chi connectivity index (χ2v) is 3.94. The van der Waals surface area contributed by atoms with E-state index < -0.39 is 5.82 Å². The molecule has 0 saturated heterocycles. The quantitative estimate of drug-likeness (QED) is 0.835. The number of amides is 1. The molecule has 0 heterocycles. The molecule has 1 amide bonds. The molecule has 1 aromatic rings. The van der Waals surface area contributed by atoms with Crippen molar-refractivity contribution in [3.63, 3.8) is 0 Å². The summed E-state index contributed by atoms with van der Waals surface area (Å²) in [7, 11) is 0. The van der Waals surface area contributed by atoms with Gasteiger partial charge in [0.15, 0.2) is 0 Å². The monoisotopic (exact) mass is 235 g/mol. The highest BCUT2D eigenvalue weighted by Crippen LogP contribution is 2.17. The zero-order valence-electron chi connectivity index (χ0n) is 9.70. The van der Waals surface area contributed by atoms with Crippen LogP contribution in [0.3, 0.4) is 0 Å². The molecule has 90 valence electrons. The Bertz CT molecular complexity index is 465. The van der Waals surface area contributed by atoms with E-state index in [4.69, 9.17) is 11.0 Å². The third-order valence-electron chi connectivity index (χ3n) is 2.56. The minimum atomic E-state index is -0.514. The van der Waals surface area contributed by atoms with Gasteiger partial charge in [-0.2, -0.15) is 5.26 Å². The van der Waals surface area contributed by atoms with Gasteiger partial charge in [0.1, 0.15) is 11.9 Å². The molecule has 0 spiro atoms. The van der Waals surface area contributed by atoms with Gasteiger partial charge in [-0.25, -0.2) is 4.39 Å². The summed E-state index contributed by atoms with van der Waals surface area (Å²) in [5.74, 6) is -1.19. The largest absolute Gasteiger partial charge is 0.327 e. The standard InChI is InChI=1S/C12H14FN3O/c1-7(8(2)15)12(17)16-11-4-3-10(13)5-9(11)6-14/h3-5,7-8H,15H2,1-2H3,(H,16,17). The summed E-state index contributed by atoms with van der Waals surface area (Å²) in [4.78, 5) is 11.7. The fourth-order valence-corrected chi connectivity index (χ4v) is 1.20. The molecular formula is C12H14FN3O. The Morgan fingerprint density at radius 1 is 1.53 bits per heavy atom. The number of hydrogen-bond acceptors (Lipinski definition) is 3. The Kier molecular flexibility index (Phi) is 4.18. The number of benzene rings is 1. The highest BCUT2D eigenvalue weighted by atomic mass is 19.1. The van der Waals surface area contributed by atoms with Crippen LogP contribution in [0.25, 0.3) is 0 Å². The minimum Gasteiger partial charge on any atom is -0.327 e. The van der Waals surface area contributed by atoms with Crippen LogP contribution in [0.15, 0.2) is 18.2 Å². The van der Waals surface area contributed by atoms with E-state index in [0.717, 1.165) is 6.07 Å². The van der Waals surface area contributed by atoms with Gasteiger partial charge in [0.2, 0.25) is 5.91 Å². The highest BCUT2D eigenvalue weighted by Gasteiger charge is 2.18. The number of nitrogens with zero attached hydrogens (tertiary/aromatic N) is 1. The van der Waals surface area contributed by atoms with Crippen molar-refractivity contribution in [2.24, 2.45) is 11.7 Å². The summed E-state index contributed by atoms with van der Waals surface area (Å²) in [5, 5.41) is 11.4. The molecule has 1 aromatic carbocycles. The average Bonchev–Trinajstić information content (AvgIpc) is 2.30. The topological polar surface area (TPSA) is 78.9 Å². The minimum absolute atomic E-state index is 0.0928. The maximum absolute atomic E-state index is 12.9. The molecule has 0 radical (unpaired) electrons. The summed E-state index contributed by atoms with van der Waals surface area (Å²) in [6.07, 6.45) is 0. The zero-order valence-corrected chi connectivity index (χ0v) is 9.70. The van der Waals surface area contributed by atoms with Crippen LogP contribution in [0.1, 0.15) is 19.4 Å². The molecule has 0 aliphatic heterocycles. The van der Waals surface area contributed by atoms with Gasteiger partial charge < -0.3 is 11.1 Å². The Morgan fingerprint density at radius 3 is 2.71 bits per heavy atom. The van der Waals surface area contributed by atoms with Crippen LogP contribution in [0.4, 0.5) is 10.1 Å². The maximum Gasteiger partial charge on any atom is 0.228 e. The molecule has 1 rings (SSSR count). The molecule has 0 saturated carbocycles. The lowest BCUT2D eigenvalue weighted by Crippen LogP contribution is -2.34. The highest BCUT2D eigenvalue weighted by molar-refractivity contribution is 5.93. The van der Waals surface area contributed by atoms with E-state index in [2.05, 4.69) is 5.32 Å². The SMILES string of the molecule is CC(N)C(C)C(=O)Nc1ccc(F)cc1C#N. The van der Waals surface area contributed by atoms with Gasteiger partial charge in [-0.15, -0.1) is 0 Å². The third kappa shape index (κ3) is 3.26. The predicted octanol–water partition coefficient (Wildman–Crippen LogP) is 1.62. The number of nitrogens with two attached hydrogens (primary N) is 1. The van der Waals surface area contributed by atoms with Gasteiger partial charge in [0.05, 0.1) is 17.2 Å². The van der Waals surface area contributed by atoms with Gasteiger partial charge in [-0.05, 0) is 25.1 Å². The maximum atomic E-state index is 12.9. The van der Waals surface area contributed by atoms with Crippen molar-refractivity contribution < 1.29 is 9.18 Å². The fourth-order valence-electron chi connectivity index (χ4n) is 1.20. The molecule has 17 heavy (non-hydrogen) atoms. The van der Waals surface area contributed by atoms with Crippen LogP contribution in [-0.4, -0.2) is 11.9 Å². The first-order valence-corrected chi connectivity index (χ1v) is 5.21. The molecule has 0 aliphatic carbocycles. The number of rotatable bonds is 3. The average molecular weight is 235 g/mol. The van der Waals surface area contributed by atoms with E-state index >= 15 is 0 Å². The lowest BCUT2D eigenvalue weighted by molar-refractivity contribution is -0.119. The summed E-state index contributed by atoms with van der Waals surface area (Å²) < 4.78 is 12.9. The summed E-state index contributed by atoms with van der Waals surface area (Å²) in [6, 6.07) is 5.16. The van der Waals surface area contributed by atoms with Gasteiger partial charge >= 0.3 is 0 Å². The second kappa shape index (κ2) is 5.41. The number of anilines is 1. The molecule has 4 nitrogen and oxygen atoms in total. The van der Waals surface area contributed by atoms with Crippen molar-refractivity contribution in [3.05, 3.63) is 29.6 Å². The Balaban J connectivity index is 2.89. The summed E-state index contributed by atoms with van der Waals surface area (Å²) in [5.41, 5.74) is 5.99. The van der Waals surface area contributed by atoms with Gasteiger partial charge in [-0.3, -0.25) is 4.79 Å². The van der Waals surface area contributed by atoms with E-state index in [1.807, 2.05) is 6.07 Å². The molecular weight excluding hydrogens is 221 g/mol. The first-order valence-electron chi connectivity index (χ1n) is 5.21. The first kappa shape index (κ1) is 13.1. The lowest BCUT2D eigenvalue weighted by Gasteiger charge is -2.15. The molecule has 0 aliphatic rings. The van der Waals surface area contributed by atoms with E-state index in [1.54, 1.807) is 13.8 Å². The number of hydrogen-bond donors (Lipinski definition) is 2. The Labute approximate surface area is 99.2 Å². The number of nitriles is 1. The van der Waals surface area contributed by atoms with E-state index in [9.17, 15) is 9.18 Å². The Morgan fingerprint density at radius 2 is 2.18 bits per heavy atom. The van der Waals surface area contributed by atoms with E-state index in [1.165, 1.54) is 12.1 Å². The molecule has 0 bridgehead atoms. The lowest BCUT2D eigenvalue weighted by atomic mass is 10.0. The van der Waals surface area contributed by atoms with Crippen molar-refractivity contribution in [2.45, 2.75) is 19.9 Å². The summed E-state index contributed by atoms with van der Waals surface area (Å²) >= 11 is 0. The van der Waals surface area contributed by atoms with Crippen molar-refractivity contribution in [3.8, 4) is 6.07 Å². The van der Waals surface area contributed by atoms with Crippen LogP contribution in [-0.2, 0) is 4.79 Å². The number of carbonyl (C=O) groups is 1. The van der Waals surface area contributed by atoms with Crippen LogP contribution >= 0.6 is 0 Å². The van der Waals surface area contributed by atoms with Crippen LogP contribution in [0, 0.1) is 23.1 Å². The third-order valence-corrected chi connectivity index (χ3v) is 2.56. The van der Waals surface area contributed by atoms with Crippen molar-refractivity contribution in [1.82, 2.24) is 0 Å². The second-order valence-electron chi connectivity index (χ2n) is 3.94. The molecule has 3 N–H and O–H groups in total. The molecule has 2 atom stereocenters. The predicted molar refractivity (Wildman–Crippen MR) is 62.6 cm³/mol. The normalized spacial score (nSPS) is 13.6. The van der Waals surface area contributed by atoms with Crippen LogP contribution < -0.4 is 11.1 Å². The molecule has 0 aromatic heterocycles. The number of carbonyl (C=O) groups excluding carboxylic acids is 1. The van der Waals surface area contributed by atoms with Gasteiger partial charge in [-0.1, -0.05) is 6.92 Å². The summed E-state index contributed by atoms with van der Waals surface area (Å²) in [6.45, 7) is 3.41. The molecule has 0 fully saturated rings. The van der Waals surface area contributed by atoms with Crippen molar-refractivity contribution in [2.75, 3.05) is 5.32 Å². The Hall–Kier alpha value is -1.93. The molecule has 2 unspecified atom stereocenters. The van der Waals surface area contributed by atoms with E-state index in [-0.39, 0.29) is 23.4 Å². The number of halogens is 1. The van der Waals surface area contributed by atoms with E-state index in [0.29, 0.717) is 5.69 Å². The van der Waals surface area contributed by atoms with Crippen LogP contribution in [0.2, 0.25) is 0 Å². The van der Waals surface area contributed by atoms with Gasteiger partial charge in [0.25, 0.3) is 0 Å².